The fourth-order valence-electron chi connectivity index (χ4n) is 4.42. The van der Waals surface area contributed by atoms with Crippen molar-refractivity contribution in [1.29, 1.82) is 5.26 Å². The lowest BCUT2D eigenvalue weighted by Gasteiger charge is -2.14. The van der Waals surface area contributed by atoms with E-state index < -0.39 is 12.9 Å². The first kappa shape index (κ1) is 18.3. The van der Waals surface area contributed by atoms with E-state index in [-0.39, 0.29) is 19.0 Å². The van der Waals surface area contributed by atoms with Gasteiger partial charge in [-0.25, -0.2) is 9.37 Å². The molecule has 170 valence electrons. The maximum atomic E-state index is 13.9. The predicted molar refractivity (Wildman–Crippen MR) is 126 cm³/mol. The third-order valence-corrected chi connectivity index (χ3v) is 5.99. The van der Waals surface area contributed by atoms with Gasteiger partial charge in [0.25, 0.3) is 0 Å². The van der Waals surface area contributed by atoms with Crippen molar-refractivity contribution in [1.82, 2.24) is 9.55 Å². The van der Waals surface area contributed by atoms with Crippen molar-refractivity contribution < 1.29 is 23.1 Å². The van der Waals surface area contributed by atoms with Crippen LogP contribution in [0, 0.1) is 17.1 Å². The van der Waals surface area contributed by atoms with Crippen LogP contribution in [0.1, 0.15) is 39.1 Å². The number of halogens is 1. The summed E-state index contributed by atoms with van der Waals surface area (Å²) in [5, 5.41) is 19.6. The van der Waals surface area contributed by atoms with Gasteiger partial charge in [-0.3, -0.25) is 0 Å². The van der Waals surface area contributed by atoms with Gasteiger partial charge in [0.1, 0.15) is 41.9 Å². The van der Waals surface area contributed by atoms with Gasteiger partial charge in [0.15, 0.2) is 0 Å². The minimum atomic E-state index is -2.64. The predicted octanol–water partition coefficient (Wildman–Crippen LogP) is 4.96. The largest absolute Gasteiger partial charge is 0.494 e. The molecule has 0 bridgehead atoms. The monoisotopic (exact) mass is 458 g/mol. The van der Waals surface area contributed by atoms with Crippen molar-refractivity contribution in [3.8, 4) is 17.6 Å². The number of fused-ring (bicyclic) bond motifs is 3. The second-order valence-electron chi connectivity index (χ2n) is 8.03. The Morgan fingerprint density at radius 1 is 1.26 bits per heavy atom. The van der Waals surface area contributed by atoms with Gasteiger partial charge in [-0.05, 0) is 53.9 Å². The molecule has 5 rings (SSSR count). The molecule has 3 aromatic carbocycles. The topological polar surface area (TPSA) is 80.3 Å². The number of hydrogen-bond donors (Lipinski definition) is 1. The first-order valence-electron chi connectivity index (χ1n) is 12.1. The molecule has 0 saturated heterocycles. The van der Waals surface area contributed by atoms with Crippen molar-refractivity contribution in [3.05, 3.63) is 94.1 Å². The van der Waals surface area contributed by atoms with Crippen LogP contribution in [-0.4, -0.2) is 21.7 Å². The molecule has 0 radical (unpaired) electrons. The normalized spacial score (nSPS) is 15.6. The average molecular weight is 459 g/mol. The van der Waals surface area contributed by atoms with Gasteiger partial charge in [0.2, 0.25) is 0 Å². The molecular formula is C27H22FN3O3. The SMILES string of the molecule is [2H]C([2H])([2H])Oc1cccc2c1nc(CO)n2Cc1ccc2c(c1)COc1cc(F)ccc1/C2=C(\C)C#N. The number of aliphatic hydroxyl groups excluding tert-OH is 1. The van der Waals surface area contributed by atoms with E-state index in [9.17, 15) is 14.8 Å². The van der Waals surface area contributed by atoms with Crippen molar-refractivity contribution >= 4 is 16.6 Å². The molecule has 1 aliphatic heterocycles. The summed E-state index contributed by atoms with van der Waals surface area (Å²) >= 11 is 0. The molecule has 0 aliphatic carbocycles. The number of allylic oxidation sites excluding steroid dienone is 1. The highest BCUT2D eigenvalue weighted by Crippen LogP contribution is 2.39. The third-order valence-electron chi connectivity index (χ3n) is 5.99. The van der Waals surface area contributed by atoms with E-state index in [0.717, 1.165) is 16.7 Å². The smallest absolute Gasteiger partial charge is 0.146 e. The van der Waals surface area contributed by atoms with Gasteiger partial charge in [0.05, 0.1) is 22.7 Å². The van der Waals surface area contributed by atoms with Crippen LogP contribution in [0.4, 0.5) is 4.39 Å². The van der Waals surface area contributed by atoms with Crippen LogP contribution in [0.5, 0.6) is 11.5 Å². The fraction of sp³-hybridized carbons (Fsp3) is 0.185. The van der Waals surface area contributed by atoms with E-state index in [2.05, 4.69) is 11.1 Å². The lowest BCUT2D eigenvalue weighted by molar-refractivity contribution is 0.267. The number of methoxy groups -OCH3 is 1. The molecule has 0 spiro atoms. The van der Waals surface area contributed by atoms with Gasteiger partial charge in [-0.2, -0.15) is 5.26 Å². The zero-order chi connectivity index (χ0) is 26.3. The number of aliphatic hydroxyl groups is 1. The Hall–Kier alpha value is -4.15. The maximum absolute atomic E-state index is 13.9. The molecule has 0 unspecified atom stereocenters. The Morgan fingerprint density at radius 2 is 2.12 bits per heavy atom. The molecule has 34 heavy (non-hydrogen) atoms. The molecule has 0 amide bonds. The Kier molecular flexibility index (Phi) is 4.66. The summed E-state index contributed by atoms with van der Waals surface area (Å²) < 4.78 is 49.1. The Morgan fingerprint density at radius 3 is 2.91 bits per heavy atom. The highest BCUT2D eigenvalue weighted by Gasteiger charge is 2.23. The van der Waals surface area contributed by atoms with Gasteiger partial charge in [0, 0.05) is 29.3 Å². The Balaban J connectivity index is 1.58. The van der Waals surface area contributed by atoms with Crippen LogP contribution in [0.2, 0.25) is 0 Å². The van der Waals surface area contributed by atoms with E-state index in [1.54, 1.807) is 29.7 Å². The quantitative estimate of drug-likeness (QED) is 0.437. The first-order valence-corrected chi connectivity index (χ1v) is 10.6. The number of benzene rings is 3. The zero-order valence-corrected chi connectivity index (χ0v) is 18.3. The minimum Gasteiger partial charge on any atom is -0.494 e. The summed E-state index contributed by atoms with van der Waals surface area (Å²) in [5.41, 5.74) is 5.28. The van der Waals surface area contributed by atoms with E-state index in [4.69, 9.17) is 13.6 Å². The highest BCUT2D eigenvalue weighted by atomic mass is 19.1. The summed E-state index contributed by atoms with van der Waals surface area (Å²) in [6.07, 6.45) is 0. The number of nitriles is 1. The van der Waals surface area contributed by atoms with Gasteiger partial charge in [-0.15, -0.1) is 0 Å². The zero-order valence-electron chi connectivity index (χ0n) is 21.3. The minimum absolute atomic E-state index is 0.105. The summed E-state index contributed by atoms with van der Waals surface area (Å²) in [6, 6.07) is 17.2. The molecule has 4 aromatic rings. The van der Waals surface area contributed by atoms with Crippen LogP contribution in [0.25, 0.3) is 16.6 Å². The van der Waals surface area contributed by atoms with Crippen molar-refractivity contribution in [2.24, 2.45) is 0 Å². The second kappa shape index (κ2) is 8.65. The van der Waals surface area contributed by atoms with E-state index >= 15 is 0 Å². The van der Waals surface area contributed by atoms with Gasteiger partial charge in [-0.1, -0.05) is 18.2 Å². The van der Waals surface area contributed by atoms with Gasteiger partial charge >= 0.3 is 0 Å². The van der Waals surface area contributed by atoms with Crippen LogP contribution in [-0.2, 0) is 19.8 Å². The van der Waals surface area contributed by atoms with Crippen LogP contribution >= 0.6 is 0 Å². The summed E-state index contributed by atoms with van der Waals surface area (Å²) in [4.78, 5) is 4.43. The number of imidazole rings is 1. The van der Waals surface area contributed by atoms with E-state index in [1.807, 2.05) is 18.2 Å². The molecule has 1 N–H and O–H groups in total. The lowest BCUT2D eigenvalue weighted by atomic mass is 9.90. The molecule has 7 heteroatoms. The fourth-order valence-corrected chi connectivity index (χ4v) is 4.42. The summed E-state index contributed by atoms with van der Waals surface area (Å²) in [5.74, 6) is 0.400. The molecule has 2 heterocycles. The number of hydrogen-bond acceptors (Lipinski definition) is 5. The highest BCUT2D eigenvalue weighted by molar-refractivity contribution is 5.88. The van der Waals surface area contributed by atoms with Crippen molar-refractivity contribution in [2.75, 3.05) is 7.04 Å². The third kappa shape index (κ3) is 3.58. The Labute approximate surface area is 200 Å². The summed E-state index contributed by atoms with van der Waals surface area (Å²) in [7, 11) is -2.64. The number of aromatic nitrogens is 2. The standard InChI is InChI=1S/C27H22FN3O3/c1-16(12-29)26-20-8-6-17(10-18(20)15-34-24-11-19(28)7-9-21(24)26)13-31-22-4-3-5-23(33-2)27(22)30-25(31)14-32/h3-11,32H,13-15H2,1-2H3/b26-16+/i2D3. The molecule has 0 fully saturated rings. The van der Waals surface area contributed by atoms with Crippen LogP contribution in [0.15, 0.2) is 60.2 Å². The van der Waals surface area contributed by atoms with Crippen molar-refractivity contribution in [2.45, 2.75) is 26.7 Å². The molecule has 1 aliphatic rings. The number of nitrogens with zero attached hydrogens (tertiary/aromatic N) is 3. The van der Waals surface area contributed by atoms with E-state index in [1.165, 1.54) is 18.2 Å². The molecular weight excluding hydrogens is 433 g/mol. The molecule has 0 saturated carbocycles. The summed E-state index contributed by atoms with van der Waals surface area (Å²) in [6.45, 7) is 1.87. The van der Waals surface area contributed by atoms with Crippen LogP contribution < -0.4 is 9.47 Å². The maximum Gasteiger partial charge on any atom is 0.146 e. The number of para-hydroxylation sites is 1. The van der Waals surface area contributed by atoms with Crippen LogP contribution in [0.3, 0.4) is 0 Å². The van der Waals surface area contributed by atoms with Gasteiger partial charge < -0.3 is 19.1 Å². The van der Waals surface area contributed by atoms with E-state index in [0.29, 0.717) is 45.9 Å². The second-order valence-corrected chi connectivity index (χ2v) is 8.03. The molecule has 0 atom stereocenters. The Bertz CT molecular complexity index is 1600. The number of ether oxygens (including phenoxy) is 2. The van der Waals surface area contributed by atoms with Crippen molar-refractivity contribution in [3.63, 3.8) is 0 Å². The molecule has 6 nitrogen and oxygen atoms in total. The first-order chi connectivity index (χ1) is 17.7. The molecule has 1 aromatic heterocycles. The number of rotatable bonds is 4. The average Bonchev–Trinajstić information content (AvgIpc) is 3.13. The lowest BCUT2D eigenvalue weighted by Crippen LogP contribution is -2.06.